The predicted octanol–water partition coefficient (Wildman–Crippen LogP) is 1.34. The average molecular weight is 314 g/mol. The molecule has 0 heterocycles. The Morgan fingerprint density at radius 1 is 1.30 bits per heavy atom. The smallest absolute Gasteiger partial charge is 0.508 e. The summed E-state index contributed by atoms with van der Waals surface area (Å²) >= 11 is 0. The van der Waals surface area contributed by atoms with Crippen molar-refractivity contribution < 1.29 is 40.4 Å². The SMILES string of the molecule is COC(=O)Cc1cc(O)cc(OS(=O)(=O)C(F)(F)F)c1. The minimum Gasteiger partial charge on any atom is -0.508 e. The number of esters is 1. The van der Waals surface area contributed by atoms with Crippen molar-refractivity contribution in [3.8, 4) is 11.5 Å². The third kappa shape index (κ3) is 4.02. The zero-order valence-corrected chi connectivity index (χ0v) is 10.8. The van der Waals surface area contributed by atoms with E-state index in [0.717, 1.165) is 19.2 Å². The van der Waals surface area contributed by atoms with E-state index < -0.39 is 33.1 Å². The standard InChI is InChI=1S/C10H9F3O6S/c1-18-9(15)4-6-2-7(14)5-8(3-6)19-20(16,17)10(11,12)13/h2-3,5,14H,4H2,1H3. The molecule has 1 aromatic rings. The van der Waals surface area contributed by atoms with Crippen LogP contribution in [0, 0.1) is 0 Å². The van der Waals surface area contributed by atoms with Crippen LogP contribution in [0.4, 0.5) is 13.2 Å². The summed E-state index contributed by atoms with van der Waals surface area (Å²) in [4.78, 5) is 11.0. The maximum absolute atomic E-state index is 12.1. The number of phenolic OH excluding ortho intramolecular Hbond substituents is 1. The maximum atomic E-state index is 12.1. The fourth-order valence-corrected chi connectivity index (χ4v) is 1.65. The van der Waals surface area contributed by atoms with Gasteiger partial charge in [-0.25, -0.2) is 0 Å². The molecular weight excluding hydrogens is 305 g/mol. The van der Waals surface area contributed by atoms with E-state index in [0.29, 0.717) is 6.07 Å². The molecule has 0 fully saturated rings. The van der Waals surface area contributed by atoms with Gasteiger partial charge in [0.25, 0.3) is 0 Å². The molecule has 0 spiro atoms. The Balaban J connectivity index is 3.06. The molecule has 0 amide bonds. The van der Waals surface area contributed by atoms with Crippen LogP contribution in [0.25, 0.3) is 0 Å². The largest absolute Gasteiger partial charge is 0.534 e. The molecule has 0 aliphatic rings. The highest BCUT2D eigenvalue weighted by atomic mass is 32.2. The van der Waals surface area contributed by atoms with Gasteiger partial charge in [0, 0.05) is 6.07 Å². The predicted molar refractivity (Wildman–Crippen MR) is 59.4 cm³/mol. The van der Waals surface area contributed by atoms with Gasteiger partial charge in [-0.3, -0.25) is 4.79 Å². The second-order valence-electron chi connectivity index (χ2n) is 3.57. The summed E-state index contributed by atoms with van der Waals surface area (Å²) in [5.41, 5.74) is -5.56. The molecular formula is C10H9F3O6S. The highest BCUT2D eigenvalue weighted by Crippen LogP contribution is 2.29. The zero-order valence-electron chi connectivity index (χ0n) is 9.97. The minimum atomic E-state index is -5.85. The van der Waals surface area contributed by atoms with E-state index in [9.17, 15) is 31.5 Å². The Hall–Kier alpha value is -1.97. The van der Waals surface area contributed by atoms with E-state index in [4.69, 9.17) is 0 Å². The summed E-state index contributed by atoms with van der Waals surface area (Å²) in [5, 5.41) is 9.27. The third-order valence-electron chi connectivity index (χ3n) is 2.02. The van der Waals surface area contributed by atoms with Gasteiger partial charge in [0.1, 0.15) is 11.5 Å². The molecule has 1 aromatic carbocycles. The maximum Gasteiger partial charge on any atom is 0.534 e. The van der Waals surface area contributed by atoms with Crippen LogP contribution < -0.4 is 4.18 Å². The summed E-state index contributed by atoms with van der Waals surface area (Å²) in [5.74, 6) is -2.04. The van der Waals surface area contributed by atoms with E-state index in [-0.39, 0.29) is 12.0 Å². The van der Waals surface area contributed by atoms with Crippen molar-refractivity contribution in [3.05, 3.63) is 23.8 Å². The van der Waals surface area contributed by atoms with Crippen LogP contribution in [0.3, 0.4) is 0 Å². The molecule has 0 bridgehead atoms. The molecule has 10 heteroatoms. The number of rotatable bonds is 4. The molecule has 0 saturated heterocycles. The second kappa shape index (κ2) is 5.57. The Morgan fingerprint density at radius 2 is 1.90 bits per heavy atom. The molecule has 20 heavy (non-hydrogen) atoms. The van der Waals surface area contributed by atoms with Crippen molar-refractivity contribution in [1.82, 2.24) is 0 Å². The molecule has 0 unspecified atom stereocenters. The van der Waals surface area contributed by atoms with Crippen LogP contribution >= 0.6 is 0 Å². The van der Waals surface area contributed by atoms with Crippen molar-refractivity contribution in [2.45, 2.75) is 11.9 Å². The molecule has 0 radical (unpaired) electrons. The molecule has 1 rings (SSSR count). The topological polar surface area (TPSA) is 89.9 Å². The molecule has 112 valence electrons. The number of carbonyl (C=O) groups excluding carboxylic acids is 1. The Morgan fingerprint density at radius 3 is 2.40 bits per heavy atom. The van der Waals surface area contributed by atoms with Crippen LogP contribution in [0.15, 0.2) is 18.2 Å². The third-order valence-corrected chi connectivity index (χ3v) is 3.00. The normalized spacial score (nSPS) is 12.0. The molecule has 6 nitrogen and oxygen atoms in total. The van der Waals surface area contributed by atoms with Crippen LogP contribution in [-0.4, -0.2) is 32.1 Å². The summed E-state index contributed by atoms with van der Waals surface area (Å²) in [7, 11) is -4.75. The van der Waals surface area contributed by atoms with Crippen molar-refractivity contribution in [2.75, 3.05) is 7.11 Å². The van der Waals surface area contributed by atoms with Gasteiger partial charge < -0.3 is 14.0 Å². The average Bonchev–Trinajstić information content (AvgIpc) is 2.25. The number of hydrogen-bond donors (Lipinski definition) is 1. The highest BCUT2D eigenvalue weighted by Gasteiger charge is 2.48. The van der Waals surface area contributed by atoms with E-state index >= 15 is 0 Å². The van der Waals surface area contributed by atoms with E-state index in [1.165, 1.54) is 0 Å². The van der Waals surface area contributed by atoms with E-state index in [2.05, 4.69) is 8.92 Å². The van der Waals surface area contributed by atoms with Crippen LogP contribution in [-0.2, 0) is 26.1 Å². The first-order valence-corrected chi connectivity index (χ1v) is 6.36. The number of methoxy groups -OCH3 is 1. The van der Waals surface area contributed by atoms with Gasteiger partial charge in [-0.05, 0) is 17.7 Å². The first-order chi connectivity index (χ1) is 9.05. The first-order valence-electron chi connectivity index (χ1n) is 4.95. The molecule has 0 aliphatic heterocycles. The summed E-state index contributed by atoms with van der Waals surface area (Å²) in [6.45, 7) is 0. The Labute approximate surface area is 111 Å². The van der Waals surface area contributed by atoms with Crippen LogP contribution in [0.5, 0.6) is 11.5 Å². The fourth-order valence-electron chi connectivity index (χ4n) is 1.21. The van der Waals surface area contributed by atoms with Gasteiger partial charge in [-0.1, -0.05) is 0 Å². The second-order valence-corrected chi connectivity index (χ2v) is 5.11. The van der Waals surface area contributed by atoms with Gasteiger partial charge in [-0.2, -0.15) is 21.6 Å². The van der Waals surface area contributed by atoms with Crippen LogP contribution in [0.2, 0.25) is 0 Å². The van der Waals surface area contributed by atoms with Crippen molar-refractivity contribution in [1.29, 1.82) is 0 Å². The van der Waals surface area contributed by atoms with Gasteiger partial charge in [0.15, 0.2) is 0 Å². The minimum absolute atomic E-state index is 0.0317. The molecule has 0 saturated carbocycles. The Kier molecular flexibility index (Phi) is 4.48. The first kappa shape index (κ1) is 16.1. The fraction of sp³-hybridized carbons (Fsp3) is 0.300. The lowest BCUT2D eigenvalue weighted by Crippen LogP contribution is -2.28. The van der Waals surface area contributed by atoms with Gasteiger partial charge >= 0.3 is 21.6 Å². The number of alkyl halides is 3. The Bertz CT molecular complexity index is 608. The van der Waals surface area contributed by atoms with Crippen molar-refractivity contribution >= 4 is 16.1 Å². The molecule has 0 aromatic heterocycles. The molecule has 1 N–H and O–H groups in total. The van der Waals surface area contributed by atoms with Gasteiger partial charge in [0.2, 0.25) is 0 Å². The molecule has 0 aliphatic carbocycles. The highest BCUT2D eigenvalue weighted by molar-refractivity contribution is 7.88. The summed E-state index contributed by atoms with van der Waals surface area (Å²) in [6, 6.07) is 2.61. The quantitative estimate of drug-likeness (QED) is 0.512. The van der Waals surface area contributed by atoms with Gasteiger partial charge in [-0.15, -0.1) is 0 Å². The number of aromatic hydroxyl groups is 1. The monoisotopic (exact) mass is 314 g/mol. The number of halogens is 3. The van der Waals surface area contributed by atoms with Crippen molar-refractivity contribution in [2.24, 2.45) is 0 Å². The van der Waals surface area contributed by atoms with E-state index in [1.54, 1.807) is 0 Å². The summed E-state index contributed by atoms with van der Waals surface area (Å²) < 4.78 is 66.2. The summed E-state index contributed by atoms with van der Waals surface area (Å²) in [6.07, 6.45) is -0.368. The molecule has 0 atom stereocenters. The number of hydrogen-bond acceptors (Lipinski definition) is 6. The number of ether oxygens (including phenoxy) is 1. The van der Waals surface area contributed by atoms with Gasteiger partial charge in [0.05, 0.1) is 13.5 Å². The van der Waals surface area contributed by atoms with E-state index in [1.807, 2.05) is 0 Å². The lowest BCUT2D eigenvalue weighted by atomic mass is 10.1. The lowest BCUT2D eigenvalue weighted by Gasteiger charge is -2.10. The lowest BCUT2D eigenvalue weighted by molar-refractivity contribution is -0.139. The number of phenols is 1. The van der Waals surface area contributed by atoms with Crippen LogP contribution in [0.1, 0.15) is 5.56 Å². The van der Waals surface area contributed by atoms with Crippen molar-refractivity contribution in [3.63, 3.8) is 0 Å². The number of carbonyl (C=O) groups is 1. The number of benzene rings is 1. The zero-order chi connectivity index (χ0) is 15.6.